The molecule has 136 valence electrons. The van der Waals surface area contributed by atoms with E-state index in [9.17, 15) is 13.2 Å². The van der Waals surface area contributed by atoms with Gasteiger partial charge in [0.2, 0.25) is 10.0 Å². The van der Waals surface area contributed by atoms with Crippen molar-refractivity contribution in [3.63, 3.8) is 0 Å². The number of esters is 1. The molecule has 0 spiro atoms. The van der Waals surface area contributed by atoms with Gasteiger partial charge in [0, 0.05) is 31.7 Å². The minimum absolute atomic E-state index is 0.0526. The number of nitrogens with zero attached hydrogens (tertiary/aromatic N) is 3. The number of thiophene rings is 1. The Morgan fingerprint density at radius 2 is 2.12 bits per heavy atom. The molecule has 26 heavy (non-hydrogen) atoms. The molecule has 0 saturated heterocycles. The summed E-state index contributed by atoms with van der Waals surface area (Å²) in [5.41, 5.74) is 0.700. The van der Waals surface area contributed by atoms with Gasteiger partial charge in [-0.3, -0.25) is 4.98 Å². The monoisotopic (exact) mass is 392 g/mol. The maximum absolute atomic E-state index is 12.5. The van der Waals surface area contributed by atoms with Crippen molar-refractivity contribution in [1.82, 2.24) is 19.3 Å². The first kappa shape index (κ1) is 18.2. The number of nitrogens with one attached hydrogen (secondary N) is 1. The summed E-state index contributed by atoms with van der Waals surface area (Å²) >= 11 is 1.02. The molecular weight excluding hydrogens is 376 g/mol. The summed E-state index contributed by atoms with van der Waals surface area (Å²) in [6.45, 7) is 0.498. The summed E-state index contributed by atoms with van der Waals surface area (Å²) in [7, 11) is -2.61. The van der Waals surface area contributed by atoms with Gasteiger partial charge in [0.05, 0.1) is 7.11 Å². The average Bonchev–Trinajstić information content (AvgIpc) is 3.31. The van der Waals surface area contributed by atoms with Crippen molar-refractivity contribution in [3.05, 3.63) is 53.1 Å². The number of rotatable bonds is 7. The zero-order chi connectivity index (χ0) is 18.6. The first-order valence-corrected chi connectivity index (χ1v) is 9.97. The van der Waals surface area contributed by atoms with Gasteiger partial charge in [0.1, 0.15) is 15.5 Å². The molecule has 3 rings (SSSR count). The molecule has 0 aliphatic carbocycles. The van der Waals surface area contributed by atoms with E-state index in [1.54, 1.807) is 23.2 Å². The smallest absolute Gasteiger partial charge is 0.349 e. The molecule has 3 aromatic heterocycles. The number of sulfonamides is 1. The third kappa shape index (κ3) is 3.82. The van der Waals surface area contributed by atoms with Crippen LogP contribution >= 0.6 is 11.3 Å². The summed E-state index contributed by atoms with van der Waals surface area (Å²) in [6.07, 6.45) is 5.05. The molecule has 8 nitrogen and oxygen atoms in total. The van der Waals surface area contributed by atoms with Crippen LogP contribution in [0.4, 0.5) is 0 Å². The Labute approximate surface area is 154 Å². The van der Waals surface area contributed by atoms with Crippen molar-refractivity contribution in [1.29, 1.82) is 0 Å². The third-order valence-electron chi connectivity index (χ3n) is 3.54. The van der Waals surface area contributed by atoms with E-state index >= 15 is 0 Å². The largest absolute Gasteiger partial charge is 0.465 e. The number of hydrogen-bond donors (Lipinski definition) is 1. The minimum atomic E-state index is -3.82. The molecular formula is C16H16N4O4S2. The summed E-state index contributed by atoms with van der Waals surface area (Å²) in [4.78, 5) is 20.2. The van der Waals surface area contributed by atoms with Crippen LogP contribution in [0.25, 0.3) is 11.5 Å². The Kier molecular flexibility index (Phi) is 5.45. The number of hydrogen-bond acceptors (Lipinski definition) is 7. The first-order valence-electron chi connectivity index (χ1n) is 7.61. The molecule has 0 atom stereocenters. The molecule has 0 aromatic carbocycles. The molecule has 0 amide bonds. The van der Waals surface area contributed by atoms with Gasteiger partial charge in [-0.25, -0.2) is 22.9 Å². The van der Waals surface area contributed by atoms with E-state index in [-0.39, 0.29) is 16.3 Å². The fourth-order valence-corrected chi connectivity index (χ4v) is 4.70. The fourth-order valence-electron chi connectivity index (χ4n) is 2.35. The zero-order valence-corrected chi connectivity index (χ0v) is 15.5. The lowest BCUT2D eigenvalue weighted by Gasteiger charge is -2.09. The van der Waals surface area contributed by atoms with E-state index in [1.165, 1.54) is 18.6 Å². The predicted octanol–water partition coefficient (Wildman–Crippen LogP) is 1.77. The van der Waals surface area contributed by atoms with Crippen LogP contribution in [0.2, 0.25) is 0 Å². The van der Waals surface area contributed by atoms with Crippen LogP contribution in [-0.2, 0) is 21.3 Å². The Bertz CT molecular complexity index is 996. The second-order valence-electron chi connectivity index (χ2n) is 5.16. The number of ether oxygens (including phenoxy) is 1. The van der Waals surface area contributed by atoms with E-state index in [0.29, 0.717) is 18.1 Å². The molecule has 0 aliphatic rings. The standard InChI is InChI=1S/C16H16N4O4S2/c1-24-16(21)14-13(5-11-25-14)26(22,23)19-8-10-20-9-7-18-15(20)12-4-2-3-6-17-12/h2-7,9,11,19H,8,10H2,1H3. The highest BCUT2D eigenvalue weighted by Crippen LogP contribution is 2.22. The van der Waals surface area contributed by atoms with Gasteiger partial charge in [-0.15, -0.1) is 11.3 Å². The lowest BCUT2D eigenvalue weighted by molar-refractivity contribution is 0.0602. The van der Waals surface area contributed by atoms with Gasteiger partial charge in [-0.1, -0.05) is 6.07 Å². The summed E-state index contributed by atoms with van der Waals surface area (Å²) < 4.78 is 33.9. The molecule has 0 saturated carbocycles. The van der Waals surface area contributed by atoms with Crippen LogP contribution in [0.5, 0.6) is 0 Å². The fraction of sp³-hybridized carbons (Fsp3) is 0.188. The van der Waals surface area contributed by atoms with Crippen molar-refractivity contribution in [2.75, 3.05) is 13.7 Å². The highest BCUT2D eigenvalue weighted by atomic mass is 32.2. The van der Waals surface area contributed by atoms with Gasteiger partial charge in [0.25, 0.3) is 0 Å². The lowest BCUT2D eigenvalue weighted by Crippen LogP contribution is -2.28. The number of methoxy groups -OCH3 is 1. The minimum Gasteiger partial charge on any atom is -0.465 e. The summed E-state index contributed by atoms with van der Waals surface area (Å²) in [5.74, 6) is -0.0250. The van der Waals surface area contributed by atoms with Gasteiger partial charge in [-0.05, 0) is 23.6 Å². The molecule has 10 heteroatoms. The third-order valence-corrected chi connectivity index (χ3v) is 6.07. The molecule has 0 bridgehead atoms. The second-order valence-corrected chi connectivity index (χ2v) is 7.81. The van der Waals surface area contributed by atoms with Crippen molar-refractivity contribution in [2.24, 2.45) is 0 Å². The maximum atomic E-state index is 12.5. The number of carbonyl (C=O) groups excluding carboxylic acids is 1. The van der Waals surface area contributed by atoms with Crippen LogP contribution in [-0.4, -0.2) is 42.6 Å². The molecule has 0 fully saturated rings. The Morgan fingerprint density at radius 1 is 1.27 bits per heavy atom. The highest BCUT2D eigenvalue weighted by molar-refractivity contribution is 7.89. The van der Waals surface area contributed by atoms with Crippen LogP contribution in [0.3, 0.4) is 0 Å². The molecule has 1 N–H and O–H groups in total. The predicted molar refractivity (Wildman–Crippen MR) is 96.3 cm³/mol. The summed E-state index contributed by atoms with van der Waals surface area (Å²) in [6, 6.07) is 6.88. The molecule has 0 unspecified atom stereocenters. The van der Waals surface area contributed by atoms with Crippen LogP contribution in [0, 0.1) is 0 Å². The zero-order valence-electron chi connectivity index (χ0n) is 13.8. The number of carbonyl (C=O) groups is 1. The first-order chi connectivity index (χ1) is 12.5. The van der Waals surface area contributed by atoms with E-state index in [1.807, 2.05) is 18.2 Å². The quantitative estimate of drug-likeness (QED) is 0.615. The van der Waals surface area contributed by atoms with E-state index < -0.39 is 16.0 Å². The topological polar surface area (TPSA) is 103 Å². The number of aromatic nitrogens is 3. The maximum Gasteiger partial charge on any atom is 0.349 e. The van der Waals surface area contributed by atoms with Gasteiger partial charge in [0.15, 0.2) is 5.82 Å². The van der Waals surface area contributed by atoms with Crippen LogP contribution in [0.15, 0.2) is 53.1 Å². The Balaban J connectivity index is 1.70. The number of pyridine rings is 1. The van der Waals surface area contributed by atoms with Gasteiger partial charge < -0.3 is 9.30 Å². The highest BCUT2D eigenvalue weighted by Gasteiger charge is 2.24. The lowest BCUT2D eigenvalue weighted by atomic mass is 10.3. The van der Waals surface area contributed by atoms with Crippen LogP contribution in [0.1, 0.15) is 9.67 Å². The summed E-state index contributed by atoms with van der Waals surface area (Å²) in [5, 5.41) is 1.54. The van der Waals surface area contributed by atoms with Crippen molar-refractivity contribution in [2.45, 2.75) is 11.4 Å². The molecule has 3 aromatic rings. The number of imidazole rings is 1. The second kappa shape index (κ2) is 7.77. The van der Waals surface area contributed by atoms with Crippen molar-refractivity contribution in [3.8, 4) is 11.5 Å². The molecule has 3 heterocycles. The Hall–Kier alpha value is -2.56. The normalized spacial score (nSPS) is 11.4. The SMILES string of the molecule is COC(=O)c1sccc1S(=O)(=O)NCCn1ccnc1-c1ccccn1. The molecule has 0 aliphatic heterocycles. The molecule has 0 radical (unpaired) electrons. The van der Waals surface area contributed by atoms with Crippen molar-refractivity contribution >= 4 is 27.3 Å². The van der Waals surface area contributed by atoms with Gasteiger partial charge >= 0.3 is 5.97 Å². The van der Waals surface area contributed by atoms with Crippen LogP contribution < -0.4 is 4.72 Å². The van der Waals surface area contributed by atoms with Gasteiger partial charge in [-0.2, -0.15) is 0 Å². The van der Waals surface area contributed by atoms with E-state index in [2.05, 4.69) is 19.4 Å². The Morgan fingerprint density at radius 3 is 2.85 bits per heavy atom. The van der Waals surface area contributed by atoms with E-state index in [4.69, 9.17) is 0 Å². The van der Waals surface area contributed by atoms with Crippen molar-refractivity contribution < 1.29 is 17.9 Å². The van der Waals surface area contributed by atoms with E-state index in [0.717, 1.165) is 11.3 Å². The average molecular weight is 392 g/mol.